The van der Waals surface area contributed by atoms with Crippen LogP contribution in [0.4, 0.5) is 0 Å². The number of rotatable bonds is 4. The first-order chi connectivity index (χ1) is 5.83. The van der Waals surface area contributed by atoms with Crippen molar-refractivity contribution in [1.82, 2.24) is 9.88 Å². The predicted octanol–water partition coefficient (Wildman–Crippen LogP) is 1.72. The lowest BCUT2D eigenvalue weighted by Gasteiger charge is -2.13. The molecule has 0 saturated heterocycles. The van der Waals surface area contributed by atoms with E-state index in [0.29, 0.717) is 0 Å². The van der Waals surface area contributed by atoms with Crippen molar-refractivity contribution >= 4 is 0 Å². The second-order valence-electron chi connectivity index (χ2n) is 2.98. The van der Waals surface area contributed by atoms with Crippen molar-refractivity contribution in [3.63, 3.8) is 0 Å². The Morgan fingerprint density at radius 2 is 2.42 bits per heavy atom. The van der Waals surface area contributed by atoms with Gasteiger partial charge in [-0.3, -0.25) is 4.98 Å². The lowest BCUT2D eigenvalue weighted by molar-refractivity contribution is 0.323. The summed E-state index contributed by atoms with van der Waals surface area (Å²) in [7, 11) is 2.11. The molecule has 65 valence electrons. The zero-order valence-corrected chi connectivity index (χ0v) is 7.75. The molecule has 1 heterocycles. The highest BCUT2D eigenvalue weighted by Gasteiger charge is 1.97. The Morgan fingerprint density at radius 3 is 3.00 bits per heavy atom. The molecular formula is C10H15N2. The fraction of sp³-hybridized carbons (Fsp3) is 0.500. The smallest absolute Gasteiger partial charge is 0.0549 e. The summed E-state index contributed by atoms with van der Waals surface area (Å²) in [5.74, 6) is 0. The molecule has 0 unspecified atom stereocenters. The Kier molecular flexibility index (Phi) is 3.74. The minimum atomic E-state index is 0.922. The highest BCUT2D eigenvalue weighted by molar-refractivity contribution is 5.01. The zero-order valence-electron chi connectivity index (χ0n) is 7.75. The van der Waals surface area contributed by atoms with Gasteiger partial charge in [0.25, 0.3) is 0 Å². The van der Waals surface area contributed by atoms with Gasteiger partial charge in [0.15, 0.2) is 0 Å². The van der Waals surface area contributed by atoms with Gasteiger partial charge in [0.05, 0.1) is 5.69 Å². The predicted molar refractivity (Wildman–Crippen MR) is 49.7 cm³/mol. The minimum absolute atomic E-state index is 0.922. The Balaban J connectivity index is 2.41. The molecule has 1 aromatic heterocycles. The molecule has 0 saturated carbocycles. The molecular weight excluding hydrogens is 148 g/mol. The van der Waals surface area contributed by atoms with E-state index in [-0.39, 0.29) is 0 Å². The molecule has 0 spiro atoms. The van der Waals surface area contributed by atoms with Crippen LogP contribution in [-0.4, -0.2) is 23.5 Å². The lowest BCUT2D eigenvalue weighted by atomic mass is 10.3. The number of aromatic nitrogens is 1. The van der Waals surface area contributed by atoms with Crippen molar-refractivity contribution in [2.45, 2.75) is 19.9 Å². The summed E-state index contributed by atoms with van der Waals surface area (Å²) >= 11 is 0. The molecule has 0 atom stereocenters. The van der Waals surface area contributed by atoms with Gasteiger partial charge in [-0.15, -0.1) is 0 Å². The molecule has 0 bridgehead atoms. The van der Waals surface area contributed by atoms with Crippen molar-refractivity contribution in [3.8, 4) is 0 Å². The van der Waals surface area contributed by atoms with Crippen LogP contribution in [0.5, 0.6) is 0 Å². The largest absolute Gasteiger partial charge is 0.301 e. The van der Waals surface area contributed by atoms with E-state index in [1.54, 1.807) is 6.20 Å². The Hall–Kier alpha value is -0.890. The van der Waals surface area contributed by atoms with Crippen LogP contribution in [0.3, 0.4) is 0 Å². The third-order valence-corrected chi connectivity index (χ3v) is 1.70. The first-order valence-electron chi connectivity index (χ1n) is 4.32. The van der Waals surface area contributed by atoms with Gasteiger partial charge in [-0.1, -0.05) is 6.92 Å². The molecule has 0 amide bonds. The summed E-state index contributed by atoms with van der Waals surface area (Å²) in [5.41, 5.74) is 1.09. The molecule has 0 aromatic carbocycles. The van der Waals surface area contributed by atoms with Crippen molar-refractivity contribution in [2.24, 2.45) is 0 Å². The maximum Gasteiger partial charge on any atom is 0.0549 e. The Labute approximate surface area is 74.2 Å². The topological polar surface area (TPSA) is 16.1 Å². The molecule has 0 fully saturated rings. The van der Waals surface area contributed by atoms with Gasteiger partial charge in [0, 0.05) is 12.7 Å². The van der Waals surface area contributed by atoms with Gasteiger partial charge in [0.1, 0.15) is 0 Å². The normalized spacial score (nSPS) is 10.6. The zero-order chi connectivity index (χ0) is 8.81. The van der Waals surface area contributed by atoms with Crippen molar-refractivity contribution in [2.75, 3.05) is 13.6 Å². The highest BCUT2D eigenvalue weighted by atomic mass is 15.1. The van der Waals surface area contributed by atoms with Gasteiger partial charge in [-0.2, -0.15) is 0 Å². The molecule has 1 radical (unpaired) electrons. The van der Waals surface area contributed by atoms with Crippen molar-refractivity contribution < 1.29 is 0 Å². The number of pyridine rings is 1. The summed E-state index contributed by atoms with van der Waals surface area (Å²) < 4.78 is 0. The van der Waals surface area contributed by atoms with Crippen molar-refractivity contribution in [1.29, 1.82) is 0 Å². The van der Waals surface area contributed by atoms with Gasteiger partial charge < -0.3 is 4.90 Å². The van der Waals surface area contributed by atoms with Crippen LogP contribution < -0.4 is 0 Å². The third-order valence-electron chi connectivity index (χ3n) is 1.70. The van der Waals surface area contributed by atoms with Gasteiger partial charge in [-0.25, -0.2) is 0 Å². The molecule has 0 aliphatic carbocycles. The summed E-state index contributed by atoms with van der Waals surface area (Å²) in [5, 5.41) is 0. The van der Waals surface area contributed by atoms with E-state index >= 15 is 0 Å². The van der Waals surface area contributed by atoms with Gasteiger partial charge in [0.2, 0.25) is 0 Å². The van der Waals surface area contributed by atoms with Crippen LogP contribution in [0, 0.1) is 6.07 Å². The van der Waals surface area contributed by atoms with Crippen LogP contribution in [0.2, 0.25) is 0 Å². The SMILES string of the molecule is CCCN(C)Cc1c[c]ccn1. The summed E-state index contributed by atoms with van der Waals surface area (Å²) in [6.07, 6.45) is 2.97. The summed E-state index contributed by atoms with van der Waals surface area (Å²) in [6, 6.07) is 6.78. The monoisotopic (exact) mass is 163 g/mol. The van der Waals surface area contributed by atoms with Gasteiger partial charge in [-0.05, 0) is 38.2 Å². The molecule has 12 heavy (non-hydrogen) atoms. The molecule has 2 heteroatoms. The van der Waals surface area contributed by atoms with E-state index in [4.69, 9.17) is 0 Å². The quantitative estimate of drug-likeness (QED) is 0.672. The van der Waals surface area contributed by atoms with E-state index in [9.17, 15) is 0 Å². The Morgan fingerprint density at radius 1 is 1.58 bits per heavy atom. The third kappa shape index (κ3) is 3.01. The first kappa shape index (κ1) is 9.20. The molecule has 2 nitrogen and oxygen atoms in total. The van der Waals surface area contributed by atoms with Crippen LogP contribution in [0.25, 0.3) is 0 Å². The average molecular weight is 163 g/mol. The van der Waals surface area contributed by atoms with Crippen LogP contribution in [-0.2, 0) is 6.54 Å². The first-order valence-corrected chi connectivity index (χ1v) is 4.32. The van der Waals surface area contributed by atoms with E-state index in [2.05, 4.69) is 29.9 Å². The number of hydrogen-bond donors (Lipinski definition) is 0. The molecule has 0 aliphatic heterocycles. The van der Waals surface area contributed by atoms with E-state index in [1.807, 2.05) is 12.1 Å². The van der Waals surface area contributed by atoms with E-state index in [0.717, 1.165) is 18.8 Å². The van der Waals surface area contributed by atoms with Gasteiger partial charge >= 0.3 is 0 Å². The Bertz CT molecular complexity index is 208. The number of nitrogens with zero attached hydrogens (tertiary/aromatic N) is 2. The van der Waals surface area contributed by atoms with E-state index in [1.165, 1.54) is 6.42 Å². The summed E-state index contributed by atoms with van der Waals surface area (Å²) in [4.78, 5) is 6.49. The van der Waals surface area contributed by atoms with Crippen LogP contribution >= 0.6 is 0 Å². The second kappa shape index (κ2) is 4.88. The standard InChI is InChI=1S/C10H15N2/c1-3-8-12(2)9-10-6-4-5-7-11-10/h5-7H,3,8-9H2,1-2H3. The fourth-order valence-electron chi connectivity index (χ4n) is 1.18. The molecule has 0 N–H and O–H groups in total. The minimum Gasteiger partial charge on any atom is -0.301 e. The molecule has 0 aliphatic rings. The van der Waals surface area contributed by atoms with Crippen LogP contribution in [0.15, 0.2) is 18.3 Å². The molecule has 1 aromatic rings. The maximum absolute atomic E-state index is 4.23. The summed E-state index contributed by atoms with van der Waals surface area (Å²) in [6.45, 7) is 4.23. The van der Waals surface area contributed by atoms with Crippen LogP contribution in [0.1, 0.15) is 19.0 Å². The van der Waals surface area contributed by atoms with Crippen molar-refractivity contribution in [3.05, 3.63) is 30.1 Å². The maximum atomic E-state index is 4.23. The average Bonchev–Trinajstić information content (AvgIpc) is 2.06. The second-order valence-corrected chi connectivity index (χ2v) is 2.98. The molecule has 1 rings (SSSR count). The highest BCUT2D eigenvalue weighted by Crippen LogP contribution is 1.98. The fourth-order valence-corrected chi connectivity index (χ4v) is 1.18. The van der Waals surface area contributed by atoms with E-state index < -0.39 is 0 Å². The number of hydrogen-bond acceptors (Lipinski definition) is 2. The lowest BCUT2D eigenvalue weighted by Crippen LogP contribution is -2.18.